The molecule has 3 rings (SSSR count). The van der Waals surface area contributed by atoms with E-state index in [2.05, 4.69) is 20.8 Å². The highest BCUT2D eigenvalue weighted by Gasteiger charge is 2.21. The zero-order chi connectivity index (χ0) is 20.1. The van der Waals surface area contributed by atoms with E-state index in [4.69, 9.17) is 4.74 Å². The van der Waals surface area contributed by atoms with Gasteiger partial charge in [-0.2, -0.15) is 0 Å². The van der Waals surface area contributed by atoms with Gasteiger partial charge in [0, 0.05) is 0 Å². The highest BCUT2D eigenvalue weighted by molar-refractivity contribution is 5.92. The Bertz CT molecular complexity index is 943. The molecule has 9 heteroatoms. The van der Waals surface area contributed by atoms with Gasteiger partial charge in [-0.15, -0.1) is 5.10 Å². The van der Waals surface area contributed by atoms with E-state index < -0.39 is 18.0 Å². The van der Waals surface area contributed by atoms with Crippen molar-refractivity contribution in [2.75, 3.05) is 0 Å². The molecule has 0 spiro atoms. The second-order valence-electron chi connectivity index (χ2n) is 6.13. The summed E-state index contributed by atoms with van der Waals surface area (Å²) in [5, 5.41) is 13.6. The van der Waals surface area contributed by atoms with E-state index in [0.29, 0.717) is 11.3 Å². The first kappa shape index (κ1) is 19.2. The number of carbonyl (C=O) groups excluding carboxylic acids is 2. The maximum Gasteiger partial charge on any atom is 0.338 e. The molecule has 2 aromatic carbocycles. The summed E-state index contributed by atoms with van der Waals surface area (Å²) in [5.41, 5.74) is 1.72. The van der Waals surface area contributed by atoms with E-state index >= 15 is 0 Å². The second-order valence-corrected chi connectivity index (χ2v) is 6.13. The minimum atomic E-state index is -0.991. The second kappa shape index (κ2) is 8.38. The Morgan fingerprint density at radius 3 is 2.36 bits per heavy atom. The lowest BCUT2D eigenvalue weighted by atomic mass is 10.1. The van der Waals surface area contributed by atoms with Crippen LogP contribution in [-0.4, -0.2) is 38.2 Å². The molecule has 0 aliphatic rings. The van der Waals surface area contributed by atoms with Crippen LogP contribution >= 0.6 is 0 Å². The van der Waals surface area contributed by atoms with Crippen molar-refractivity contribution >= 4 is 11.9 Å². The van der Waals surface area contributed by atoms with Crippen LogP contribution in [0.3, 0.4) is 0 Å². The number of tetrazole rings is 1. The van der Waals surface area contributed by atoms with Gasteiger partial charge in [-0.25, -0.2) is 13.9 Å². The third-order valence-corrected chi connectivity index (χ3v) is 4.10. The lowest BCUT2D eigenvalue weighted by Gasteiger charge is -2.18. The van der Waals surface area contributed by atoms with Crippen LogP contribution in [0, 0.1) is 5.82 Å². The zero-order valence-corrected chi connectivity index (χ0v) is 15.2. The third kappa shape index (κ3) is 4.56. The summed E-state index contributed by atoms with van der Waals surface area (Å²) in [6.07, 6.45) is 0.441. The molecule has 2 atom stereocenters. The standard InChI is InChI=1S/C19H18FN5O3/c1-12(14-3-7-16(20)8-4-14)22-18(26)13(2)28-19(27)15-5-9-17(10-6-15)25-11-21-23-24-25/h3-13H,1-2H3,(H,22,26)/t12-,13+/m0/s1. The predicted molar refractivity (Wildman–Crippen MR) is 97.0 cm³/mol. The Morgan fingerprint density at radius 2 is 1.75 bits per heavy atom. The number of nitrogens with one attached hydrogen (secondary N) is 1. The van der Waals surface area contributed by atoms with Crippen molar-refractivity contribution in [3.63, 3.8) is 0 Å². The Hall–Kier alpha value is -3.62. The number of nitrogens with zero attached hydrogens (tertiary/aromatic N) is 4. The molecule has 0 aliphatic heterocycles. The van der Waals surface area contributed by atoms with Crippen LogP contribution in [0.2, 0.25) is 0 Å². The molecule has 28 heavy (non-hydrogen) atoms. The van der Waals surface area contributed by atoms with Gasteiger partial charge in [0.25, 0.3) is 5.91 Å². The van der Waals surface area contributed by atoms with Crippen LogP contribution < -0.4 is 5.32 Å². The normalized spacial score (nSPS) is 12.8. The molecule has 1 aromatic heterocycles. The van der Waals surface area contributed by atoms with Crippen LogP contribution in [0.1, 0.15) is 35.8 Å². The average Bonchev–Trinajstić information content (AvgIpc) is 3.23. The number of carbonyl (C=O) groups is 2. The Morgan fingerprint density at radius 1 is 1.07 bits per heavy atom. The fourth-order valence-electron chi connectivity index (χ4n) is 2.48. The molecule has 0 aliphatic carbocycles. The number of benzene rings is 2. The van der Waals surface area contributed by atoms with Crippen LogP contribution in [0.25, 0.3) is 5.69 Å². The van der Waals surface area contributed by atoms with Crippen molar-refractivity contribution in [3.8, 4) is 5.69 Å². The van der Waals surface area contributed by atoms with E-state index in [0.717, 1.165) is 5.56 Å². The number of ether oxygens (including phenoxy) is 1. The molecule has 0 saturated carbocycles. The first-order chi connectivity index (χ1) is 13.4. The van der Waals surface area contributed by atoms with Gasteiger partial charge in [0.1, 0.15) is 12.1 Å². The Kier molecular flexibility index (Phi) is 5.73. The van der Waals surface area contributed by atoms with Gasteiger partial charge in [0.15, 0.2) is 6.10 Å². The minimum absolute atomic E-state index is 0.294. The third-order valence-electron chi connectivity index (χ3n) is 4.10. The average molecular weight is 383 g/mol. The summed E-state index contributed by atoms with van der Waals surface area (Å²) >= 11 is 0. The van der Waals surface area contributed by atoms with Crippen molar-refractivity contribution in [2.24, 2.45) is 0 Å². The summed E-state index contributed by atoms with van der Waals surface area (Å²) in [6, 6.07) is 11.9. The minimum Gasteiger partial charge on any atom is -0.449 e. The van der Waals surface area contributed by atoms with E-state index in [9.17, 15) is 14.0 Å². The first-order valence-corrected chi connectivity index (χ1v) is 8.54. The summed E-state index contributed by atoms with van der Waals surface area (Å²) in [4.78, 5) is 24.5. The zero-order valence-electron chi connectivity index (χ0n) is 15.2. The van der Waals surface area contributed by atoms with Gasteiger partial charge in [0.05, 0.1) is 17.3 Å². The Balaban J connectivity index is 1.57. The topological polar surface area (TPSA) is 99.0 Å². The molecule has 0 saturated heterocycles. The van der Waals surface area contributed by atoms with E-state index in [1.807, 2.05) is 0 Å². The van der Waals surface area contributed by atoms with Crippen molar-refractivity contribution in [2.45, 2.75) is 26.0 Å². The smallest absolute Gasteiger partial charge is 0.338 e. The van der Waals surface area contributed by atoms with Gasteiger partial charge in [0.2, 0.25) is 0 Å². The molecule has 1 heterocycles. The molecule has 144 valence electrons. The van der Waals surface area contributed by atoms with E-state index in [1.54, 1.807) is 43.3 Å². The molecular weight excluding hydrogens is 365 g/mol. The van der Waals surface area contributed by atoms with Gasteiger partial charge in [-0.05, 0) is 66.2 Å². The van der Waals surface area contributed by atoms with Gasteiger partial charge in [-0.3, -0.25) is 4.79 Å². The van der Waals surface area contributed by atoms with Crippen LogP contribution in [0.15, 0.2) is 54.9 Å². The SMILES string of the molecule is C[C@H](NC(=O)[C@@H](C)OC(=O)c1ccc(-n2cnnn2)cc1)c1ccc(F)cc1. The lowest BCUT2D eigenvalue weighted by Crippen LogP contribution is -2.37. The van der Waals surface area contributed by atoms with Crippen LogP contribution in [-0.2, 0) is 9.53 Å². The fourth-order valence-corrected chi connectivity index (χ4v) is 2.48. The molecule has 1 N–H and O–H groups in total. The van der Waals surface area contributed by atoms with E-state index in [1.165, 1.54) is 30.1 Å². The molecule has 0 radical (unpaired) electrons. The number of hydrogen-bond acceptors (Lipinski definition) is 6. The number of aromatic nitrogens is 4. The number of amides is 1. The molecule has 1 amide bonds. The molecule has 0 bridgehead atoms. The van der Waals surface area contributed by atoms with Crippen LogP contribution in [0.5, 0.6) is 0 Å². The number of halogens is 1. The van der Waals surface area contributed by atoms with Gasteiger partial charge >= 0.3 is 5.97 Å². The van der Waals surface area contributed by atoms with Crippen molar-refractivity contribution in [1.82, 2.24) is 25.5 Å². The first-order valence-electron chi connectivity index (χ1n) is 8.54. The summed E-state index contributed by atoms with van der Waals surface area (Å²) < 4.78 is 19.7. The van der Waals surface area contributed by atoms with Crippen molar-refractivity contribution < 1.29 is 18.7 Å². The molecule has 3 aromatic rings. The maximum atomic E-state index is 13.0. The maximum absolute atomic E-state index is 13.0. The molecular formula is C19H18FN5O3. The highest BCUT2D eigenvalue weighted by atomic mass is 19.1. The quantitative estimate of drug-likeness (QED) is 0.656. The molecule has 0 unspecified atom stereocenters. The fraction of sp³-hybridized carbons (Fsp3) is 0.211. The monoisotopic (exact) mass is 383 g/mol. The highest BCUT2D eigenvalue weighted by Crippen LogP contribution is 2.14. The Labute approximate surface area is 160 Å². The van der Waals surface area contributed by atoms with Gasteiger partial charge in [-0.1, -0.05) is 12.1 Å². The number of esters is 1. The summed E-state index contributed by atoms with van der Waals surface area (Å²) in [6.45, 7) is 3.25. The van der Waals surface area contributed by atoms with Crippen LogP contribution in [0.4, 0.5) is 4.39 Å². The summed E-state index contributed by atoms with van der Waals surface area (Å²) in [5.74, 6) is -1.42. The molecule has 8 nitrogen and oxygen atoms in total. The summed E-state index contributed by atoms with van der Waals surface area (Å²) in [7, 11) is 0. The van der Waals surface area contributed by atoms with Crippen molar-refractivity contribution in [1.29, 1.82) is 0 Å². The predicted octanol–water partition coefficient (Wildman–Crippen LogP) is 2.22. The van der Waals surface area contributed by atoms with Crippen molar-refractivity contribution in [3.05, 3.63) is 71.8 Å². The number of hydrogen-bond donors (Lipinski definition) is 1. The molecule has 0 fully saturated rings. The lowest BCUT2D eigenvalue weighted by molar-refractivity contribution is -0.129. The van der Waals surface area contributed by atoms with Gasteiger partial charge < -0.3 is 10.1 Å². The largest absolute Gasteiger partial charge is 0.449 e. The van der Waals surface area contributed by atoms with E-state index in [-0.39, 0.29) is 11.9 Å². The number of rotatable bonds is 6.